The molecule has 0 bridgehead atoms. The molecule has 1 aliphatic heterocycles. The second-order valence-corrected chi connectivity index (χ2v) is 7.54. The van der Waals surface area contributed by atoms with Crippen molar-refractivity contribution in [3.63, 3.8) is 0 Å². The summed E-state index contributed by atoms with van der Waals surface area (Å²) in [6.07, 6.45) is 1.27. The van der Waals surface area contributed by atoms with Gasteiger partial charge in [-0.05, 0) is 49.7 Å². The number of carbonyl (C=O) groups excluding carboxylic acids is 3. The summed E-state index contributed by atoms with van der Waals surface area (Å²) in [6, 6.07) is 12.2. The zero-order chi connectivity index (χ0) is 22.8. The lowest BCUT2D eigenvalue weighted by Gasteiger charge is -2.35. The first kappa shape index (κ1) is 21.1. The molecule has 4 rings (SSSR count). The number of hydrogen-bond acceptors (Lipinski definition) is 6. The molecule has 1 atom stereocenters. The zero-order valence-electron chi connectivity index (χ0n) is 17.9. The van der Waals surface area contributed by atoms with Crippen LogP contribution in [0.15, 0.2) is 53.1 Å². The van der Waals surface area contributed by atoms with E-state index in [9.17, 15) is 14.4 Å². The van der Waals surface area contributed by atoms with E-state index in [0.29, 0.717) is 34.2 Å². The number of rotatable bonds is 5. The highest BCUT2D eigenvalue weighted by Gasteiger charge is 2.30. The molecule has 0 saturated heterocycles. The number of nitrogens with zero attached hydrogens (tertiary/aromatic N) is 2. The maximum Gasteiger partial charge on any atom is 0.256 e. The van der Waals surface area contributed by atoms with Crippen LogP contribution in [0.5, 0.6) is 0 Å². The second-order valence-electron chi connectivity index (χ2n) is 7.54. The standard InChI is InChI=1S/C23H23N5O4/c1-13-11-18(14(2)32-13)22(30)25-12-19(29)26-16-8-6-15(7-9-16)20-27-23(31)17-5-4-10-24-21(17)28(20)3/h4-11,20H,12H2,1-3H3,(H,25,30)(H,26,29)(H,27,31)/t20-/m0/s1. The highest BCUT2D eigenvalue weighted by molar-refractivity contribution is 6.01. The third-order valence-electron chi connectivity index (χ3n) is 5.23. The highest BCUT2D eigenvalue weighted by Crippen LogP contribution is 2.30. The number of benzene rings is 1. The number of nitrogens with one attached hydrogen (secondary N) is 3. The van der Waals surface area contributed by atoms with Crippen LogP contribution < -0.4 is 20.9 Å². The topological polar surface area (TPSA) is 117 Å². The molecule has 1 aliphatic rings. The van der Waals surface area contributed by atoms with Crippen LogP contribution in [0.4, 0.5) is 11.5 Å². The van der Waals surface area contributed by atoms with Gasteiger partial charge in [-0.1, -0.05) is 12.1 Å². The lowest BCUT2D eigenvalue weighted by atomic mass is 10.1. The Kier molecular flexibility index (Phi) is 5.63. The van der Waals surface area contributed by atoms with E-state index in [0.717, 1.165) is 5.56 Å². The normalized spacial score (nSPS) is 15.0. The molecular weight excluding hydrogens is 410 g/mol. The third kappa shape index (κ3) is 4.18. The Balaban J connectivity index is 1.37. The molecule has 3 aromatic rings. The molecule has 2 aromatic heterocycles. The number of aromatic nitrogens is 1. The molecule has 3 heterocycles. The quantitative estimate of drug-likeness (QED) is 0.569. The number of anilines is 2. The Bertz CT molecular complexity index is 1190. The Morgan fingerprint density at radius 3 is 2.62 bits per heavy atom. The van der Waals surface area contributed by atoms with Crippen LogP contribution in [0.1, 0.15) is 44.0 Å². The van der Waals surface area contributed by atoms with Gasteiger partial charge in [-0.3, -0.25) is 14.4 Å². The molecular formula is C23H23N5O4. The van der Waals surface area contributed by atoms with Crippen molar-refractivity contribution in [2.24, 2.45) is 0 Å². The average Bonchev–Trinajstić information content (AvgIpc) is 3.13. The van der Waals surface area contributed by atoms with Crippen LogP contribution in [0.25, 0.3) is 0 Å². The summed E-state index contributed by atoms with van der Waals surface area (Å²) in [6.45, 7) is 3.28. The van der Waals surface area contributed by atoms with E-state index >= 15 is 0 Å². The lowest BCUT2D eigenvalue weighted by molar-refractivity contribution is -0.115. The fraction of sp³-hybridized carbons (Fsp3) is 0.217. The van der Waals surface area contributed by atoms with Gasteiger partial charge >= 0.3 is 0 Å². The number of amides is 3. The van der Waals surface area contributed by atoms with Crippen molar-refractivity contribution in [3.8, 4) is 0 Å². The van der Waals surface area contributed by atoms with Gasteiger partial charge in [-0.25, -0.2) is 4.98 Å². The molecule has 1 aromatic carbocycles. The number of furan rings is 1. The number of fused-ring (bicyclic) bond motifs is 1. The van der Waals surface area contributed by atoms with E-state index in [1.165, 1.54) is 0 Å². The highest BCUT2D eigenvalue weighted by atomic mass is 16.3. The van der Waals surface area contributed by atoms with E-state index in [1.807, 2.05) is 24.1 Å². The molecule has 0 spiro atoms. The van der Waals surface area contributed by atoms with Gasteiger partial charge in [0.05, 0.1) is 17.7 Å². The van der Waals surface area contributed by atoms with Crippen molar-refractivity contribution < 1.29 is 18.8 Å². The van der Waals surface area contributed by atoms with Crippen molar-refractivity contribution in [1.82, 2.24) is 15.6 Å². The average molecular weight is 433 g/mol. The summed E-state index contributed by atoms with van der Waals surface area (Å²) in [5.41, 5.74) is 2.35. The molecule has 0 fully saturated rings. The maximum atomic E-state index is 12.4. The summed E-state index contributed by atoms with van der Waals surface area (Å²) in [5, 5.41) is 8.29. The van der Waals surface area contributed by atoms with Crippen LogP contribution in [0.2, 0.25) is 0 Å². The van der Waals surface area contributed by atoms with Crippen LogP contribution in [-0.2, 0) is 4.79 Å². The first-order chi connectivity index (χ1) is 15.3. The Morgan fingerprint density at radius 1 is 1.19 bits per heavy atom. The van der Waals surface area contributed by atoms with Gasteiger partial charge in [0.2, 0.25) is 5.91 Å². The van der Waals surface area contributed by atoms with Crippen molar-refractivity contribution >= 4 is 29.2 Å². The van der Waals surface area contributed by atoms with Crippen molar-refractivity contribution in [2.75, 3.05) is 23.8 Å². The van der Waals surface area contributed by atoms with Gasteiger partial charge in [-0.15, -0.1) is 0 Å². The van der Waals surface area contributed by atoms with Crippen molar-refractivity contribution in [2.45, 2.75) is 20.0 Å². The third-order valence-corrected chi connectivity index (χ3v) is 5.23. The molecule has 3 amide bonds. The van der Waals surface area contributed by atoms with E-state index in [4.69, 9.17) is 4.42 Å². The molecule has 9 heteroatoms. The molecule has 0 aliphatic carbocycles. The fourth-order valence-corrected chi connectivity index (χ4v) is 3.65. The summed E-state index contributed by atoms with van der Waals surface area (Å²) in [7, 11) is 1.86. The summed E-state index contributed by atoms with van der Waals surface area (Å²) in [5.74, 6) is 0.842. The van der Waals surface area contributed by atoms with Gasteiger partial charge < -0.3 is 25.3 Å². The lowest BCUT2D eigenvalue weighted by Crippen LogP contribution is -2.45. The summed E-state index contributed by atoms with van der Waals surface area (Å²) in [4.78, 5) is 43.0. The van der Waals surface area contributed by atoms with Gasteiger partial charge in [0.15, 0.2) is 0 Å². The fourth-order valence-electron chi connectivity index (χ4n) is 3.65. The smallest absolute Gasteiger partial charge is 0.256 e. The largest absolute Gasteiger partial charge is 0.466 e. The van der Waals surface area contributed by atoms with Gasteiger partial charge in [-0.2, -0.15) is 0 Å². The van der Waals surface area contributed by atoms with E-state index in [2.05, 4.69) is 20.9 Å². The minimum absolute atomic E-state index is 0.172. The molecule has 32 heavy (non-hydrogen) atoms. The Hall–Kier alpha value is -4.14. The predicted molar refractivity (Wildman–Crippen MR) is 118 cm³/mol. The van der Waals surface area contributed by atoms with E-state index in [-0.39, 0.29) is 30.4 Å². The molecule has 0 saturated carbocycles. The molecule has 0 unspecified atom stereocenters. The summed E-state index contributed by atoms with van der Waals surface area (Å²) < 4.78 is 5.34. The number of pyridine rings is 1. The molecule has 9 nitrogen and oxygen atoms in total. The van der Waals surface area contributed by atoms with Crippen LogP contribution in [-0.4, -0.2) is 36.3 Å². The number of hydrogen-bond donors (Lipinski definition) is 3. The minimum atomic E-state index is -0.379. The predicted octanol–water partition coefficient (Wildman–Crippen LogP) is 2.54. The first-order valence-electron chi connectivity index (χ1n) is 10.1. The second kappa shape index (κ2) is 8.54. The van der Waals surface area contributed by atoms with E-state index in [1.54, 1.807) is 50.4 Å². The molecule has 0 radical (unpaired) electrons. The van der Waals surface area contributed by atoms with Gasteiger partial charge in [0.1, 0.15) is 23.5 Å². The molecule has 164 valence electrons. The number of carbonyl (C=O) groups is 3. The number of aryl methyl sites for hydroxylation is 2. The Morgan fingerprint density at radius 2 is 1.94 bits per heavy atom. The Labute approximate surface area is 184 Å². The SMILES string of the molecule is Cc1cc(C(=O)NCC(=O)Nc2ccc([C@H]3NC(=O)c4cccnc4N3C)cc2)c(C)o1. The summed E-state index contributed by atoms with van der Waals surface area (Å²) >= 11 is 0. The van der Waals surface area contributed by atoms with Crippen molar-refractivity contribution in [1.29, 1.82) is 0 Å². The van der Waals surface area contributed by atoms with Gasteiger partial charge in [0, 0.05) is 18.9 Å². The van der Waals surface area contributed by atoms with Gasteiger partial charge in [0.25, 0.3) is 11.8 Å². The van der Waals surface area contributed by atoms with Crippen LogP contribution in [0.3, 0.4) is 0 Å². The van der Waals surface area contributed by atoms with Crippen LogP contribution >= 0.6 is 0 Å². The monoisotopic (exact) mass is 433 g/mol. The molecule has 3 N–H and O–H groups in total. The zero-order valence-corrected chi connectivity index (χ0v) is 17.9. The van der Waals surface area contributed by atoms with Crippen molar-refractivity contribution in [3.05, 3.63) is 76.9 Å². The maximum absolute atomic E-state index is 12.4. The first-order valence-corrected chi connectivity index (χ1v) is 10.1. The minimum Gasteiger partial charge on any atom is -0.466 e. The van der Waals surface area contributed by atoms with E-state index < -0.39 is 0 Å². The van der Waals surface area contributed by atoms with Crippen LogP contribution in [0, 0.1) is 13.8 Å².